The van der Waals surface area contributed by atoms with Crippen molar-refractivity contribution in [3.05, 3.63) is 55.6 Å². The summed E-state index contributed by atoms with van der Waals surface area (Å²) >= 11 is 0. The quantitative estimate of drug-likeness (QED) is 0.413. The van der Waals surface area contributed by atoms with Gasteiger partial charge in [-0.2, -0.15) is 0 Å². The van der Waals surface area contributed by atoms with Gasteiger partial charge in [0.05, 0.1) is 24.0 Å². The molecule has 39 heavy (non-hydrogen) atoms. The SMILES string of the molecule is C=CCN(C(=O)[C@H]1[C@H]2C(=O)N(CCO)C(C(=O)N(CC=C)C(C)CCC)C23CC(C)[C@]1(C)O3)c1ccccc1. The van der Waals surface area contributed by atoms with Crippen LogP contribution in [0.25, 0.3) is 0 Å². The molecule has 3 amide bonds. The minimum absolute atomic E-state index is 0.00199. The van der Waals surface area contributed by atoms with Gasteiger partial charge < -0.3 is 24.5 Å². The van der Waals surface area contributed by atoms with Crippen LogP contribution < -0.4 is 4.90 Å². The number of nitrogens with zero attached hydrogens (tertiary/aromatic N) is 3. The molecule has 212 valence electrons. The number of ether oxygens (including phenoxy) is 1. The molecule has 3 aliphatic rings. The lowest BCUT2D eigenvalue weighted by atomic mass is 9.62. The molecule has 8 nitrogen and oxygen atoms in total. The van der Waals surface area contributed by atoms with E-state index in [1.54, 1.807) is 22.0 Å². The molecule has 1 aromatic rings. The first-order chi connectivity index (χ1) is 18.6. The Labute approximate surface area is 232 Å². The van der Waals surface area contributed by atoms with Crippen LogP contribution in [0, 0.1) is 17.8 Å². The van der Waals surface area contributed by atoms with Gasteiger partial charge in [0.1, 0.15) is 11.6 Å². The molecule has 4 unspecified atom stereocenters. The summed E-state index contributed by atoms with van der Waals surface area (Å²) in [6.45, 7) is 16.1. The van der Waals surface area contributed by atoms with Crippen LogP contribution in [0.1, 0.15) is 47.0 Å². The second-order valence-electron chi connectivity index (χ2n) is 11.4. The van der Waals surface area contributed by atoms with E-state index in [0.29, 0.717) is 18.7 Å². The van der Waals surface area contributed by atoms with E-state index in [0.717, 1.165) is 12.8 Å². The summed E-state index contributed by atoms with van der Waals surface area (Å²) in [6.07, 6.45) is 5.56. The molecule has 0 radical (unpaired) electrons. The van der Waals surface area contributed by atoms with Crippen molar-refractivity contribution < 1.29 is 24.2 Å². The van der Waals surface area contributed by atoms with Crippen LogP contribution in [0.3, 0.4) is 0 Å². The molecule has 8 heteroatoms. The minimum atomic E-state index is -1.15. The number of para-hydroxylation sites is 1. The van der Waals surface area contributed by atoms with Crippen LogP contribution in [0.2, 0.25) is 0 Å². The highest BCUT2D eigenvalue weighted by Crippen LogP contribution is 2.65. The fourth-order valence-electron chi connectivity index (χ4n) is 7.33. The number of anilines is 1. The second kappa shape index (κ2) is 11.3. The van der Waals surface area contributed by atoms with Gasteiger partial charge in [-0.05, 0) is 44.7 Å². The summed E-state index contributed by atoms with van der Waals surface area (Å²) in [4.78, 5) is 47.8. The molecule has 3 fully saturated rings. The lowest BCUT2D eigenvalue weighted by Crippen LogP contribution is -2.58. The van der Waals surface area contributed by atoms with Crippen LogP contribution in [0.5, 0.6) is 0 Å². The minimum Gasteiger partial charge on any atom is -0.395 e. The van der Waals surface area contributed by atoms with Gasteiger partial charge in [0, 0.05) is 31.4 Å². The number of carbonyl (C=O) groups excluding carboxylic acids is 3. The smallest absolute Gasteiger partial charge is 0.248 e. The number of hydrogen-bond acceptors (Lipinski definition) is 5. The first kappa shape index (κ1) is 29.0. The van der Waals surface area contributed by atoms with Crippen LogP contribution >= 0.6 is 0 Å². The maximum atomic E-state index is 14.4. The Morgan fingerprint density at radius 3 is 2.46 bits per heavy atom. The summed E-state index contributed by atoms with van der Waals surface area (Å²) in [7, 11) is 0. The van der Waals surface area contributed by atoms with Crippen LogP contribution in [0.15, 0.2) is 55.6 Å². The molecular formula is C31H43N3O5. The Morgan fingerprint density at radius 2 is 1.87 bits per heavy atom. The normalized spacial score (nSPS) is 31.6. The van der Waals surface area contributed by atoms with Crippen molar-refractivity contribution in [2.75, 3.05) is 31.1 Å². The highest BCUT2D eigenvalue weighted by atomic mass is 16.5. The average molecular weight is 538 g/mol. The second-order valence-corrected chi connectivity index (χ2v) is 11.4. The maximum absolute atomic E-state index is 14.4. The van der Waals surface area contributed by atoms with Gasteiger partial charge in [-0.1, -0.05) is 50.6 Å². The zero-order valence-electron chi connectivity index (χ0n) is 23.7. The Balaban J connectivity index is 1.81. The molecule has 0 saturated carbocycles. The largest absolute Gasteiger partial charge is 0.395 e. The number of aliphatic hydroxyl groups is 1. The van der Waals surface area contributed by atoms with E-state index in [9.17, 15) is 19.5 Å². The third kappa shape index (κ3) is 4.51. The molecule has 3 aliphatic heterocycles. The molecular weight excluding hydrogens is 494 g/mol. The Bertz CT molecular complexity index is 1110. The number of β-amino-alcohol motifs (C(OH)–C–C–N with tert-alkyl or cyclic N) is 1. The number of amides is 3. The summed E-state index contributed by atoms with van der Waals surface area (Å²) in [6, 6.07) is 8.36. The average Bonchev–Trinajstić information content (AvgIpc) is 3.42. The number of hydrogen-bond donors (Lipinski definition) is 1. The molecule has 0 aromatic heterocycles. The fourth-order valence-corrected chi connectivity index (χ4v) is 7.33. The molecule has 3 saturated heterocycles. The number of carbonyl (C=O) groups is 3. The van der Waals surface area contributed by atoms with Crippen molar-refractivity contribution in [3.63, 3.8) is 0 Å². The van der Waals surface area contributed by atoms with Gasteiger partial charge in [-0.3, -0.25) is 14.4 Å². The van der Waals surface area contributed by atoms with Crippen molar-refractivity contribution in [2.45, 2.75) is 70.2 Å². The molecule has 1 N–H and O–H groups in total. The van der Waals surface area contributed by atoms with Crippen molar-refractivity contribution in [2.24, 2.45) is 17.8 Å². The maximum Gasteiger partial charge on any atom is 0.248 e. The van der Waals surface area contributed by atoms with Gasteiger partial charge in [-0.25, -0.2) is 0 Å². The number of aliphatic hydroxyl groups excluding tert-OH is 1. The summed E-state index contributed by atoms with van der Waals surface area (Å²) in [5.74, 6) is -2.40. The molecule has 1 aromatic carbocycles. The molecule has 3 heterocycles. The molecule has 2 bridgehead atoms. The van der Waals surface area contributed by atoms with E-state index in [2.05, 4.69) is 20.1 Å². The number of benzene rings is 1. The number of likely N-dealkylation sites (tertiary alicyclic amines) is 1. The standard InChI is InChI=1S/C31H43N3O5/c1-7-13-22(5)32(16-8-2)29(38)26-31-20-21(4)30(6,39-31)24(25(31)28(37)34(26)18-19-35)27(36)33(17-9-3)23-14-11-10-12-15-23/h8-12,14-15,21-22,24-26,35H,2-3,7,13,16-20H2,1,4-6H3/t21?,22?,24-,25+,26?,30+,31?/m1/s1. The van der Waals surface area contributed by atoms with Gasteiger partial charge in [0.25, 0.3) is 0 Å². The molecule has 0 aliphatic carbocycles. The fraction of sp³-hybridized carbons (Fsp3) is 0.581. The van der Waals surface area contributed by atoms with Gasteiger partial charge >= 0.3 is 0 Å². The van der Waals surface area contributed by atoms with E-state index in [-0.39, 0.29) is 49.4 Å². The van der Waals surface area contributed by atoms with E-state index < -0.39 is 29.1 Å². The molecule has 1 spiro atoms. The van der Waals surface area contributed by atoms with Crippen molar-refractivity contribution in [3.8, 4) is 0 Å². The van der Waals surface area contributed by atoms with Crippen molar-refractivity contribution in [1.82, 2.24) is 9.80 Å². The Hall–Kier alpha value is -2.97. The molecule has 7 atom stereocenters. The zero-order valence-corrected chi connectivity index (χ0v) is 23.7. The number of fused-ring (bicyclic) bond motifs is 1. The van der Waals surface area contributed by atoms with Crippen molar-refractivity contribution >= 4 is 23.4 Å². The van der Waals surface area contributed by atoms with Gasteiger partial charge in [0.15, 0.2) is 0 Å². The predicted octanol–water partition coefficient (Wildman–Crippen LogP) is 3.41. The van der Waals surface area contributed by atoms with Crippen LogP contribution in [-0.2, 0) is 19.1 Å². The third-order valence-corrected chi connectivity index (χ3v) is 9.15. The zero-order chi connectivity index (χ0) is 28.5. The summed E-state index contributed by atoms with van der Waals surface area (Å²) in [5.41, 5.74) is -1.36. The summed E-state index contributed by atoms with van der Waals surface area (Å²) in [5, 5.41) is 9.93. The van der Waals surface area contributed by atoms with Gasteiger partial charge in [-0.15, -0.1) is 13.2 Å². The van der Waals surface area contributed by atoms with E-state index in [4.69, 9.17) is 4.74 Å². The number of rotatable bonds is 12. The van der Waals surface area contributed by atoms with Crippen LogP contribution in [-0.4, -0.2) is 82.2 Å². The van der Waals surface area contributed by atoms with E-state index in [1.807, 2.05) is 51.1 Å². The summed E-state index contributed by atoms with van der Waals surface area (Å²) < 4.78 is 6.84. The first-order valence-corrected chi connectivity index (χ1v) is 14.1. The lowest BCUT2D eigenvalue weighted by Gasteiger charge is -2.39. The first-order valence-electron chi connectivity index (χ1n) is 14.1. The predicted molar refractivity (Wildman–Crippen MR) is 151 cm³/mol. The molecule has 4 rings (SSSR count). The Kier molecular flexibility index (Phi) is 8.38. The third-order valence-electron chi connectivity index (χ3n) is 9.15. The highest BCUT2D eigenvalue weighted by Gasteiger charge is 2.80. The van der Waals surface area contributed by atoms with Crippen molar-refractivity contribution in [1.29, 1.82) is 0 Å². The Morgan fingerprint density at radius 1 is 1.21 bits per heavy atom. The van der Waals surface area contributed by atoms with E-state index >= 15 is 0 Å². The highest BCUT2D eigenvalue weighted by molar-refractivity contribution is 6.03. The monoisotopic (exact) mass is 537 g/mol. The van der Waals surface area contributed by atoms with Crippen LogP contribution in [0.4, 0.5) is 5.69 Å². The van der Waals surface area contributed by atoms with E-state index in [1.165, 1.54) is 4.90 Å². The lowest BCUT2D eigenvalue weighted by molar-refractivity contribution is -0.153. The topological polar surface area (TPSA) is 90.4 Å². The van der Waals surface area contributed by atoms with Gasteiger partial charge in [0.2, 0.25) is 17.7 Å².